The molecule has 0 aliphatic rings. The monoisotopic (exact) mass is 250 g/mol. The molecule has 0 unspecified atom stereocenters. The average Bonchev–Trinajstić information content (AvgIpc) is 2.25. The van der Waals surface area contributed by atoms with Crippen molar-refractivity contribution in [2.24, 2.45) is 0 Å². The van der Waals surface area contributed by atoms with Gasteiger partial charge in [0.15, 0.2) is 0 Å². The number of rotatable bonds is 8. The van der Waals surface area contributed by atoms with E-state index in [0.29, 0.717) is 0 Å². The highest BCUT2D eigenvalue weighted by atomic mass is 28.4. The fraction of sp³-hybridized carbons (Fsp3) is 1.00. The first-order valence-corrected chi connectivity index (χ1v) is 11.0. The smallest absolute Gasteiger partial charge is 0.377 e. The Morgan fingerprint density at radius 3 is 1.67 bits per heavy atom. The third kappa shape index (κ3) is 5.26. The highest BCUT2D eigenvalue weighted by molar-refractivity contribution is 6.77. The molecule has 0 aromatic carbocycles. The Hall–Kier alpha value is 0.314. The molecule has 0 spiro atoms. The van der Waals surface area contributed by atoms with Crippen molar-refractivity contribution in [3.8, 4) is 0 Å². The summed E-state index contributed by atoms with van der Waals surface area (Å²) in [7, 11) is 1.78. The maximum Gasteiger partial charge on any atom is 0.500 e. The van der Waals surface area contributed by atoms with Crippen molar-refractivity contribution in [3.05, 3.63) is 0 Å². The van der Waals surface area contributed by atoms with E-state index in [1.807, 2.05) is 0 Å². The zero-order chi connectivity index (χ0) is 11.9. The van der Waals surface area contributed by atoms with Gasteiger partial charge in [0.25, 0.3) is 0 Å². The summed E-state index contributed by atoms with van der Waals surface area (Å²) in [6, 6.07) is 3.61. The third-order valence-corrected chi connectivity index (χ3v) is 9.68. The summed E-state index contributed by atoms with van der Waals surface area (Å²) in [6.07, 6.45) is 1.16. The van der Waals surface area contributed by atoms with Gasteiger partial charge in [-0.2, -0.15) is 0 Å². The average molecular weight is 250 g/mol. The molecule has 92 valence electrons. The van der Waals surface area contributed by atoms with Crippen molar-refractivity contribution in [3.63, 3.8) is 0 Å². The van der Waals surface area contributed by atoms with Gasteiger partial charge in [-0.05, 0) is 0 Å². The molecule has 0 aromatic rings. The van der Waals surface area contributed by atoms with E-state index >= 15 is 0 Å². The number of hydrogen-bond acceptors (Lipinski definition) is 3. The fourth-order valence-corrected chi connectivity index (χ4v) is 5.08. The van der Waals surface area contributed by atoms with Gasteiger partial charge in [0.1, 0.15) is 0 Å². The van der Waals surface area contributed by atoms with Crippen LogP contribution < -0.4 is 0 Å². The fourth-order valence-electron chi connectivity index (χ4n) is 1.52. The second-order valence-corrected chi connectivity index (χ2v) is 13.3. The van der Waals surface area contributed by atoms with Crippen LogP contribution in [0.15, 0.2) is 0 Å². The highest BCUT2D eigenvalue weighted by Crippen LogP contribution is 2.23. The molecule has 0 fully saturated rings. The summed E-state index contributed by atoms with van der Waals surface area (Å²) in [5, 5.41) is 0. The highest BCUT2D eigenvalue weighted by Gasteiger charge is 2.37. The van der Waals surface area contributed by atoms with Crippen molar-refractivity contribution in [1.82, 2.24) is 0 Å². The second kappa shape index (κ2) is 6.80. The van der Waals surface area contributed by atoms with Gasteiger partial charge in [-0.15, -0.1) is 0 Å². The van der Waals surface area contributed by atoms with Gasteiger partial charge in [0.2, 0.25) is 0 Å². The molecule has 0 bridgehead atoms. The summed E-state index contributed by atoms with van der Waals surface area (Å²) in [5.74, 6) is 0. The SMILES string of the molecule is CC[Si](C)(C)CCC[Si](OC)(OC)OC. The van der Waals surface area contributed by atoms with Crippen molar-refractivity contribution >= 4 is 16.9 Å². The molecule has 0 rings (SSSR count). The van der Waals surface area contributed by atoms with E-state index in [-0.39, 0.29) is 0 Å². The normalized spacial score (nSPS) is 13.2. The summed E-state index contributed by atoms with van der Waals surface area (Å²) < 4.78 is 16.2. The first kappa shape index (κ1) is 15.3. The van der Waals surface area contributed by atoms with Crippen molar-refractivity contribution in [1.29, 1.82) is 0 Å². The summed E-state index contributed by atoms with van der Waals surface area (Å²) in [5.41, 5.74) is 0. The predicted molar refractivity (Wildman–Crippen MR) is 69.0 cm³/mol. The molecule has 0 aliphatic heterocycles. The van der Waals surface area contributed by atoms with Crippen LogP contribution in [0.4, 0.5) is 0 Å². The lowest BCUT2D eigenvalue weighted by Gasteiger charge is -2.26. The largest absolute Gasteiger partial charge is 0.500 e. The zero-order valence-electron chi connectivity index (χ0n) is 11.1. The lowest BCUT2D eigenvalue weighted by Crippen LogP contribution is -2.43. The maximum absolute atomic E-state index is 5.39. The van der Waals surface area contributed by atoms with Crippen LogP contribution in [0, 0.1) is 0 Å². The van der Waals surface area contributed by atoms with E-state index < -0.39 is 16.9 Å². The van der Waals surface area contributed by atoms with Gasteiger partial charge >= 0.3 is 8.80 Å². The second-order valence-electron chi connectivity index (χ2n) is 4.67. The van der Waals surface area contributed by atoms with Crippen molar-refractivity contribution in [2.75, 3.05) is 21.3 Å². The van der Waals surface area contributed by atoms with E-state index in [4.69, 9.17) is 13.3 Å². The lowest BCUT2D eigenvalue weighted by atomic mass is 10.6. The standard InChI is InChI=1S/C10H26O3Si2/c1-7-14(5,6)9-8-10-15(11-2,12-3)13-4/h7-10H2,1-6H3. The molecule has 15 heavy (non-hydrogen) atoms. The van der Waals surface area contributed by atoms with E-state index in [2.05, 4.69) is 20.0 Å². The Kier molecular flexibility index (Phi) is 6.94. The van der Waals surface area contributed by atoms with Gasteiger partial charge < -0.3 is 13.3 Å². The quantitative estimate of drug-likeness (QED) is 0.620. The molecule has 0 N–H and O–H groups in total. The van der Waals surface area contributed by atoms with Crippen LogP contribution in [0.3, 0.4) is 0 Å². The molecule has 0 saturated heterocycles. The third-order valence-electron chi connectivity index (χ3n) is 3.23. The topological polar surface area (TPSA) is 27.7 Å². The molecule has 0 heterocycles. The van der Waals surface area contributed by atoms with E-state index in [0.717, 1.165) is 12.5 Å². The van der Waals surface area contributed by atoms with Crippen molar-refractivity contribution < 1.29 is 13.3 Å². The van der Waals surface area contributed by atoms with Crippen molar-refractivity contribution in [2.45, 2.75) is 44.6 Å². The van der Waals surface area contributed by atoms with Crippen LogP contribution in [-0.4, -0.2) is 38.2 Å². The van der Waals surface area contributed by atoms with Crippen LogP contribution in [0.2, 0.25) is 31.2 Å². The molecule has 0 aliphatic carbocycles. The van der Waals surface area contributed by atoms with Crippen LogP contribution in [0.25, 0.3) is 0 Å². The Labute approximate surface area is 96.5 Å². The summed E-state index contributed by atoms with van der Waals surface area (Å²) in [4.78, 5) is 0. The first-order valence-electron chi connectivity index (χ1n) is 5.60. The Morgan fingerprint density at radius 2 is 1.33 bits per heavy atom. The minimum Gasteiger partial charge on any atom is -0.377 e. The maximum atomic E-state index is 5.39. The molecule has 3 nitrogen and oxygen atoms in total. The molecule has 0 radical (unpaired) electrons. The summed E-state index contributed by atoms with van der Waals surface area (Å²) in [6.45, 7) is 7.16. The molecule has 0 atom stereocenters. The van der Waals surface area contributed by atoms with Crippen LogP contribution >= 0.6 is 0 Å². The first-order chi connectivity index (χ1) is 6.95. The van der Waals surface area contributed by atoms with E-state index in [9.17, 15) is 0 Å². The molecule has 0 saturated carbocycles. The molecule has 0 amide bonds. The number of hydrogen-bond donors (Lipinski definition) is 0. The minimum atomic E-state index is -2.31. The molecular weight excluding hydrogens is 224 g/mol. The van der Waals surface area contributed by atoms with Crippen LogP contribution in [0.5, 0.6) is 0 Å². The summed E-state index contributed by atoms with van der Waals surface area (Å²) >= 11 is 0. The minimum absolute atomic E-state index is 0.937. The van der Waals surface area contributed by atoms with Gasteiger partial charge in [-0.3, -0.25) is 0 Å². The molecular formula is C10H26O3Si2. The Balaban J connectivity index is 4.02. The van der Waals surface area contributed by atoms with E-state index in [1.54, 1.807) is 21.3 Å². The van der Waals surface area contributed by atoms with Gasteiger partial charge in [0.05, 0.1) is 0 Å². The predicted octanol–water partition coefficient (Wildman–Crippen LogP) is 2.98. The van der Waals surface area contributed by atoms with E-state index in [1.165, 1.54) is 12.1 Å². The zero-order valence-corrected chi connectivity index (χ0v) is 13.1. The van der Waals surface area contributed by atoms with Gasteiger partial charge in [-0.1, -0.05) is 38.5 Å². The Bertz CT molecular complexity index is 162. The molecule has 0 aromatic heterocycles. The Morgan fingerprint density at radius 1 is 0.867 bits per heavy atom. The molecule has 5 heteroatoms. The van der Waals surface area contributed by atoms with Crippen LogP contribution in [0.1, 0.15) is 13.3 Å². The van der Waals surface area contributed by atoms with Gasteiger partial charge in [0, 0.05) is 35.4 Å². The van der Waals surface area contributed by atoms with Crippen LogP contribution in [-0.2, 0) is 13.3 Å². The van der Waals surface area contributed by atoms with Gasteiger partial charge in [-0.25, -0.2) is 0 Å². The lowest BCUT2D eigenvalue weighted by molar-refractivity contribution is 0.123.